The Kier molecular flexibility index (Phi) is 4.56. The molecule has 2 aromatic carbocycles. The van der Waals surface area contributed by atoms with Crippen LogP contribution in [0.2, 0.25) is 0 Å². The largest absolute Gasteiger partial charge is 0.271 e. The normalized spacial score (nSPS) is 14.6. The zero-order valence-electron chi connectivity index (χ0n) is 13.2. The van der Waals surface area contributed by atoms with Gasteiger partial charge in [-0.2, -0.15) is 0 Å². The van der Waals surface area contributed by atoms with E-state index >= 15 is 0 Å². The van der Waals surface area contributed by atoms with Crippen LogP contribution in [0.25, 0.3) is 0 Å². The predicted octanol–water partition coefficient (Wildman–Crippen LogP) is 4.00. The van der Waals surface area contributed by atoms with E-state index in [0.717, 1.165) is 5.56 Å². The lowest BCUT2D eigenvalue weighted by atomic mass is 10.00. The van der Waals surface area contributed by atoms with Gasteiger partial charge in [0.15, 0.2) is 0 Å². The Labute approximate surface area is 140 Å². The Bertz CT molecular complexity index is 747. The van der Waals surface area contributed by atoms with E-state index in [1.807, 2.05) is 0 Å². The van der Waals surface area contributed by atoms with Crippen molar-refractivity contribution < 1.29 is 14.0 Å². The van der Waals surface area contributed by atoms with E-state index in [4.69, 9.17) is 0 Å². The number of fused-ring (bicyclic) bond motifs is 1. The second kappa shape index (κ2) is 6.79. The van der Waals surface area contributed by atoms with E-state index < -0.39 is 0 Å². The van der Waals surface area contributed by atoms with Crippen LogP contribution in [0.5, 0.6) is 0 Å². The lowest BCUT2D eigenvalue weighted by molar-refractivity contribution is 0.0576. The first kappa shape index (κ1) is 16.1. The smallest absolute Gasteiger partial charge is 0.261 e. The standard InChI is InChI=1S/C20H18FNO2/c1-2-3-6-16(13-14-9-11-15(21)12-10-14)22-19(23)17-7-4-5-8-18(17)20(22)24/h2,4-5,7-12,16H,1,3,6,13H2/t16-/m0/s1. The van der Waals surface area contributed by atoms with Gasteiger partial charge in [0.05, 0.1) is 11.1 Å². The van der Waals surface area contributed by atoms with Gasteiger partial charge in [0, 0.05) is 6.04 Å². The zero-order chi connectivity index (χ0) is 17.1. The van der Waals surface area contributed by atoms with Gasteiger partial charge in [-0.25, -0.2) is 4.39 Å². The van der Waals surface area contributed by atoms with Gasteiger partial charge in [-0.3, -0.25) is 14.5 Å². The number of imide groups is 1. The number of carbonyl (C=O) groups excluding carboxylic acids is 2. The van der Waals surface area contributed by atoms with Crippen molar-refractivity contribution in [1.29, 1.82) is 0 Å². The molecule has 0 saturated carbocycles. The van der Waals surface area contributed by atoms with Gasteiger partial charge >= 0.3 is 0 Å². The number of hydrogen-bond acceptors (Lipinski definition) is 2. The van der Waals surface area contributed by atoms with Crippen LogP contribution in [0.3, 0.4) is 0 Å². The average Bonchev–Trinajstić information content (AvgIpc) is 2.85. The molecule has 1 atom stereocenters. The molecule has 1 aliphatic heterocycles. The topological polar surface area (TPSA) is 37.4 Å². The predicted molar refractivity (Wildman–Crippen MR) is 90.3 cm³/mol. The van der Waals surface area contributed by atoms with Crippen LogP contribution in [0.4, 0.5) is 4.39 Å². The lowest BCUT2D eigenvalue weighted by Gasteiger charge is -2.26. The maximum Gasteiger partial charge on any atom is 0.261 e. The second-order valence-electron chi connectivity index (χ2n) is 5.88. The summed E-state index contributed by atoms with van der Waals surface area (Å²) in [5, 5.41) is 0. The fraction of sp³-hybridized carbons (Fsp3) is 0.200. The van der Waals surface area contributed by atoms with E-state index in [-0.39, 0.29) is 23.7 Å². The number of amides is 2. The number of carbonyl (C=O) groups is 2. The lowest BCUT2D eigenvalue weighted by Crippen LogP contribution is -2.41. The van der Waals surface area contributed by atoms with E-state index in [2.05, 4.69) is 6.58 Å². The Morgan fingerprint density at radius 3 is 2.12 bits per heavy atom. The molecule has 0 aromatic heterocycles. The first-order valence-corrected chi connectivity index (χ1v) is 7.94. The van der Waals surface area contributed by atoms with Gasteiger partial charge in [0.2, 0.25) is 0 Å². The molecule has 24 heavy (non-hydrogen) atoms. The highest BCUT2D eigenvalue weighted by atomic mass is 19.1. The number of halogens is 1. The molecule has 0 saturated heterocycles. The van der Waals surface area contributed by atoms with Gasteiger partial charge in [0.25, 0.3) is 11.8 Å². The molecule has 1 heterocycles. The van der Waals surface area contributed by atoms with Gasteiger partial charge in [0.1, 0.15) is 5.82 Å². The van der Waals surface area contributed by atoms with E-state index in [1.54, 1.807) is 42.5 Å². The molecule has 0 aliphatic carbocycles. The first-order chi connectivity index (χ1) is 11.6. The van der Waals surface area contributed by atoms with Crippen molar-refractivity contribution in [2.45, 2.75) is 25.3 Å². The summed E-state index contributed by atoms with van der Waals surface area (Å²) >= 11 is 0. The average molecular weight is 323 g/mol. The van der Waals surface area contributed by atoms with Crippen LogP contribution in [-0.2, 0) is 6.42 Å². The molecule has 122 valence electrons. The molecule has 0 fully saturated rings. The molecule has 0 spiro atoms. The van der Waals surface area contributed by atoms with Crippen molar-refractivity contribution in [1.82, 2.24) is 4.90 Å². The number of hydrogen-bond donors (Lipinski definition) is 0. The molecule has 3 rings (SSSR count). The highest BCUT2D eigenvalue weighted by molar-refractivity contribution is 6.21. The number of rotatable bonds is 6. The molecule has 0 bridgehead atoms. The Hall–Kier alpha value is -2.75. The molecule has 1 aliphatic rings. The van der Waals surface area contributed by atoms with Crippen molar-refractivity contribution in [3.8, 4) is 0 Å². The van der Waals surface area contributed by atoms with E-state index in [0.29, 0.717) is 30.4 Å². The van der Waals surface area contributed by atoms with Crippen molar-refractivity contribution in [3.05, 3.63) is 83.7 Å². The van der Waals surface area contributed by atoms with Crippen molar-refractivity contribution in [2.24, 2.45) is 0 Å². The number of allylic oxidation sites excluding steroid dienone is 1. The quantitative estimate of drug-likeness (QED) is 0.595. The Balaban J connectivity index is 1.89. The summed E-state index contributed by atoms with van der Waals surface area (Å²) in [4.78, 5) is 26.7. The Morgan fingerprint density at radius 2 is 1.58 bits per heavy atom. The summed E-state index contributed by atoms with van der Waals surface area (Å²) in [5.74, 6) is -0.819. The zero-order valence-corrected chi connectivity index (χ0v) is 13.2. The van der Waals surface area contributed by atoms with Crippen LogP contribution in [0, 0.1) is 5.82 Å². The van der Waals surface area contributed by atoms with Crippen molar-refractivity contribution in [3.63, 3.8) is 0 Å². The first-order valence-electron chi connectivity index (χ1n) is 7.94. The van der Waals surface area contributed by atoms with Gasteiger partial charge in [-0.1, -0.05) is 30.3 Å². The minimum absolute atomic E-state index is 0.258. The van der Waals surface area contributed by atoms with Crippen LogP contribution in [-0.4, -0.2) is 22.8 Å². The molecule has 0 radical (unpaired) electrons. The fourth-order valence-corrected chi connectivity index (χ4v) is 3.06. The summed E-state index contributed by atoms with van der Waals surface area (Å²) in [6.45, 7) is 3.72. The highest BCUT2D eigenvalue weighted by Gasteiger charge is 2.39. The monoisotopic (exact) mass is 323 g/mol. The Morgan fingerprint density at radius 1 is 1.00 bits per heavy atom. The molecular formula is C20H18FNO2. The van der Waals surface area contributed by atoms with Crippen LogP contribution in [0.15, 0.2) is 61.2 Å². The number of nitrogens with zero attached hydrogens (tertiary/aromatic N) is 1. The van der Waals surface area contributed by atoms with Gasteiger partial charge < -0.3 is 0 Å². The third-order valence-corrected chi connectivity index (χ3v) is 4.28. The molecule has 4 heteroatoms. The van der Waals surface area contributed by atoms with Crippen LogP contribution >= 0.6 is 0 Å². The SMILES string of the molecule is C=CCC[C@@H](Cc1ccc(F)cc1)N1C(=O)c2ccccc2C1=O. The van der Waals surface area contributed by atoms with Gasteiger partial charge in [-0.15, -0.1) is 6.58 Å². The third kappa shape index (κ3) is 3.00. The summed E-state index contributed by atoms with van der Waals surface area (Å²) in [6, 6.07) is 12.8. The summed E-state index contributed by atoms with van der Waals surface area (Å²) < 4.78 is 13.1. The molecule has 3 nitrogen and oxygen atoms in total. The van der Waals surface area contributed by atoms with Crippen molar-refractivity contribution in [2.75, 3.05) is 0 Å². The summed E-state index contributed by atoms with van der Waals surface area (Å²) in [7, 11) is 0. The highest BCUT2D eigenvalue weighted by Crippen LogP contribution is 2.27. The summed E-state index contributed by atoms with van der Waals surface area (Å²) in [5.41, 5.74) is 1.79. The maximum absolute atomic E-state index is 13.1. The fourth-order valence-electron chi connectivity index (χ4n) is 3.06. The van der Waals surface area contributed by atoms with Gasteiger partial charge in [-0.05, 0) is 49.1 Å². The minimum Gasteiger partial charge on any atom is -0.271 e. The summed E-state index contributed by atoms with van der Waals surface area (Å²) in [6.07, 6.45) is 3.60. The second-order valence-corrected chi connectivity index (χ2v) is 5.88. The molecular weight excluding hydrogens is 305 g/mol. The molecule has 0 unspecified atom stereocenters. The van der Waals surface area contributed by atoms with E-state index in [1.165, 1.54) is 17.0 Å². The maximum atomic E-state index is 13.1. The minimum atomic E-state index is -0.304. The van der Waals surface area contributed by atoms with Crippen LogP contribution in [0.1, 0.15) is 39.1 Å². The molecule has 2 amide bonds. The molecule has 2 aromatic rings. The van der Waals surface area contributed by atoms with Crippen LogP contribution < -0.4 is 0 Å². The van der Waals surface area contributed by atoms with Crippen molar-refractivity contribution >= 4 is 11.8 Å². The third-order valence-electron chi connectivity index (χ3n) is 4.28. The molecule has 0 N–H and O–H groups in total. The van der Waals surface area contributed by atoms with E-state index in [9.17, 15) is 14.0 Å². The number of benzene rings is 2.